The summed E-state index contributed by atoms with van der Waals surface area (Å²) in [6.45, 7) is 2.01. The number of carbonyl (C=O) groups is 1. The second kappa shape index (κ2) is 7.83. The number of nitrogens with one attached hydrogen (secondary N) is 1. The molecule has 0 spiro atoms. The Labute approximate surface area is 149 Å². The van der Waals surface area contributed by atoms with Crippen molar-refractivity contribution >= 4 is 28.5 Å². The van der Waals surface area contributed by atoms with Gasteiger partial charge in [-0.1, -0.05) is 17.4 Å². The monoisotopic (exact) mass is 384 g/mol. The lowest BCUT2D eigenvalue weighted by Crippen LogP contribution is -2.13. The predicted molar refractivity (Wildman–Crippen MR) is 86.4 cm³/mol. The van der Waals surface area contributed by atoms with Crippen molar-refractivity contribution in [2.45, 2.75) is 13.1 Å². The van der Waals surface area contributed by atoms with Crippen LogP contribution in [-0.2, 0) is 11.0 Å². The van der Waals surface area contributed by atoms with Gasteiger partial charge in [0, 0.05) is 0 Å². The summed E-state index contributed by atoms with van der Waals surface area (Å²) in [5.41, 5.74) is 0.00749. The average Bonchev–Trinajstić information content (AvgIpc) is 3.04. The van der Waals surface area contributed by atoms with Crippen molar-refractivity contribution in [3.05, 3.63) is 34.3 Å². The highest BCUT2D eigenvalue weighted by molar-refractivity contribution is 7.15. The van der Waals surface area contributed by atoms with Crippen LogP contribution < -0.4 is 10.1 Å². The van der Waals surface area contributed by atoms with Gasteiger partial charge in [0.1, 0.15) is 11.6 Å². The molecule has 0 radical (unpaired) electrons. The van der Waals surface area contributed by atoms with Crippen LogP contribution >= 0.6 is 11.3 Å². The number of hydrogen-bond acceptors (Lipinski definition) is 7. The number of carbonyl (C=O) groups excluding carboxylic acids is 1. The Morgan fingerprint density at radius 2 is 2.19 bits per heavy atom. The van der Waals surface area contributed by atoms with Gasteiger partial charge < -0.3 is 9.84 Å². The molecule has 0 unspecified atom stereocenters. The van der Waals surface area contributed by atoms with Crippen LogP contribution in [0.1, 0.15) is 17.5 Å². The quantitative estimate of drug-likeness (QED) is 0.605. The summed E-state index contributed by atoms with van der Waals surface area (Å²) in [5.74, 6) is -0.887. The van der Waals surface area contributed by atoms with Crippen LogP contribution in [0, 0.1) is 11.3 Å². The molecule has 136 valence electrons. The van der Waals surface area contributed by atoms with E-state index in [1.807, 2.05) is 0 Å². The van der Waals surface area contributed by atoms with Crippen LogP contribution in [-0.4, -0.2) is 27.8 Å². The maximum absolute atomic E-state index is 12.5. The Morgan fingerprint density at radius 3 is 2.77 bits per heavy atom. The lowest BCUT2D eigenvalue weighted by Gasteiger charge is -2.06. The molecule has 1 aromatic carbocycles. The molecule has 0 fully saturated rings. The molecule has 0 saturated carbocycles. The molecule has 0 aliphatic heterocycles. The fourth-order valence-corrected chi connectivity index (χ4v) is 2.37. The number of alkyl halides is 3. The second-order valence-electron chi connectivity index (χ2n) is 4.69. The van der Waals surface area contributed by atoms with E-state index in [9.17, 15) is 23.1 Å². The fourth-order valence-electron chi connectivity index (χ4n) is 1.76. The molecule has 0 saturated heterocycles. The molecule has 0 atom stereocenters. The van der Waals surface area contributed by atoms with E-state index in [2.05, 4.69) is 15.5 Å². The number of halogens is 3. The number of nitrogens with zero attached hydrogens (tertiary/aromatic N) is 3. The van der Waals surface area contributed by atoms with Crippen molar-refractivity contribution in [3.8, 4) is 17.6 Å². The maximum atomic E-state index is 12.5. The molecule has 1 amide bonds. The SMILES string of the molecule is CCOc1cc(/C=C(/C#N)C(=O)Nc2nnc(C(F)(F)F)s2)ccc1O. The van der Waals surface area contributed by atoms with E-state index < -0.39 is 17.1 Å². The van der Waals surface area contributed by atoms with Gasteiger partial charge in [-0.2, -0.15) is 18.4 Å². The number of amides is 1. The second-order valence-corrected chi connectivity index (χ2v) is 5.67. The largest absolute Gasteiger partial charge is 0.504 e. The van der Waals surface area contributed by atoms with E-state index in [-0.39, 0.29) is 33.5 Å². The third-order valence-electron chi connectivity index (χ3n) is 2.85. The Bertz CT molecular complexity index is 887. The number of nitriles is 1. The van der Waals surface area contributed by atoms with Gasteiger partial charge in [0.25, 0.3) is 5.91 Å². The van der Waals surface area contributed by atoms with Crippen LogP contribution in [0.15, 0.2) is 23.8 Å². The van der Waals surface area contributed by atoms with Crippen LogP contribution in [0.25, 0.3) is 6.08 Å². The summed E-state index contributed by atoms with van der Waals surface area (Å²) in [7, 11) is 0. The lowest BCUT2D eigenvalue weighted by atomic mass is 10.1. The van der Waals surface area contributed by atoms with Gasteiger partial charge >= 0.3 is 6.18 Å². The van der Waals surface area contributed by atoms with Gasteiger partial charge in [-0.3, -0.25) is 10.1 Å². The van der Waals surface area contributed by atoms with Crippen LogP contribution in [0.3, 0.4) is 0 Å². The molecular weight excluding hydrogens is 373 g/mol. The van der Waals surface area contributed by atoms with E-state index in [4.69, 9.17) is 10.00 Å². The Hall–Kier alpha value is -3.13. The number of benzene rings is 1. The Kier molecular flexibility index (Phi) is 5.78. The van der Waals surface area contributed by atoms with Crippen molar-refractivity contribution in [1.82, 2.24) is 10.2 Å². The minimum absolute atomic E-state index is 0.111. The highest BCUT2D eigenvalue weighted by atomic mass is 32.1. The summed E-state index contributed by atoms with van der Waals surface area (Å²) in [5, 5.41) is 25.4. The van der Waals surface area contributed by atoms with Crippen molar-refractivity contribution < 1.29 is 27.8 Å². The fraction of sp³-hybridized carbons (Fsp3) is 0.200. The third-order valence-corrected chi connectivity index (χ3v) is 3.73. The van der Waals surface area contributed by atoms with Gasteiger partial charge in [-0.15, -0.1) is 10.2 Å². The lowest BCUT2D eigenvalue weighted by molar-refractivity contribution is -0.138. The minimum atomic E-state index is -4.67. The first-order chi connectivity index (χ1) is 12.2. The standard InChI is InChI=1S/C15H11F3N4O3S/c1-2-25-11-6-8(3-4-10(11)23)5-9(7-19)12(24)20-14-22-21-13(26-14)15(16,17)18/h3-6,23H,2H2,1H3,(H,20,22,24)/b9-5-. The van der Waals surface area contributed by atoms with Crippen molar-refractivity contribution in [2.24, 2.45) is 0 Å². The summed E-state index contributed by atoms with van der Waals surface area (Å²) in [4.78, 5) is 12.1. The molecule has 7 nitrogen and oxygen atoms in total. The van der Waals surface area contributed by atoms with Gasteiger partial charge in [-0.25, -0.2) is 0 Å². The van der Waals surface area contributed by atoms with E-state index in [1.54, 1.807) is 13.0 Å². The van der Waals surface area contributed by atoms with E-state index in [0.29, 0.717) is 12.2 Å². The summed E-state index contributed by atoms with van der Waals surface area (Å²) < 4.78 is 42.6. The zero-order chi connectivity index (χ0) is 19.3. The number of aromatic hydroxyl groups is 1. The first-order valence-corrected chi connectivity index (χ1v) is 7.86. The molecule has 2 N–H and O–H groups in total. The summed E-state index contributed by atoms with van der Waals surface area (Å²) >= 11 is 0.144. The Morgan fingerprint density at radius 1 is 1.46 bits per heavy atom. The summed E-state index contributed by atoms with van der Waals surface area (Å²) in [6.07, 6.45) is -3.47. The third kappa shape index (κ3) is 4.70. The van der Waals surface area contributed by atoms with Crippen molar-refractivity contribution in [2.75, 3.05) is 11.9 Å². The number of rotatable bonds is 5. The molecule has 2 aromatic rings. The van der Waals surface area contributed by atoms with E-state index in [0.717, 1.165) is 0 Å². The number of phenolic OH excluding ortho intramolecular Hbond substituents is 1. The van der Waals surface area contributed by atoms with Gasteiger partial charge in [0.15, 0.2) is 11.5 Å². The molecule has 0 aliphatic carbocycles. The highest BCUT2D eigenvalue weighted by Crippen LogP contribution is 2.33. The first kappa shape index (κ1) is 19.2. The van der Waals surface area contributed by atoms with E-state index >= 15 is 0 Å². The molecule has 2 rings (SSSR count). The topological polar surface area (TPSA) is 108 Å². The average molecular weight is 384 g/mol. The van der Waals surface area contributed by atoms with E-state index in [1.165, 1.54) is 24.3 Å². The van der Waals surface area contributed by atoms with Gasteiger partial charge in [0.2, 0.25) is 10.1 Å². The number of anilines is 1. The molecule has 1 aromatic heterocycles. The zero-order valence-electron chi connectivity index (χ0n) is 13.2. The molecule has 0 aliphatic rings. The molecule has 11 heteroatoms. The molecule has 0 bridgehead atoms. The smallest absolute Gasteiger partial charge is 0.445 e. The normalized spacial score (nSPS) is 11.7. The first-order valence-electron chi connectivity index (χ1n) is 7.04. The number of phenols is 1. The predicted octanol–water partition coefficient (Wildman–Crippen LogP) is 3.21. The number of ether oxygens (including phenoxy) is 1. The van der Waals surface area contributed by atoms with Crippen molar-refractivity contribution in [1.29, 1.82) is 5.26 Å². The van der Waals surface area contributed by atoms with Crippen LogP contribution in [0.4, 0.5) is 18.3 Å². The number of aromatic nitrogens is 2. The zero-order valence-corrected chi connectivity index (χ0v) is 14.0. The van der Waals surface area contributed by atoms with Gasteiger partial charge in [-0.05, 0) is 30.7 Å². The van der Waals surface area contributed by atoms with Crippen LogP contribution in [0.5, 0.6) is 11.5 Å². The van der Waals surface area contributed by atoms with Crippen LogP contribution in [0.2, 0.25) is 0 Å². The number of hydrogen-bond donors (Lipinski definition) is 2. The maximum Gasteiger partial charge on any atom is 0.445 e. The Balaban J connectivity index is 2.21. The van der Waals surface area contributed by atoms with Gasteiger partial charge in [0.05, 0.1) is 6.61 Å². The van der Waals surface area contributed by atoms with Crippen molar-refractivity contribution in [3.63, 3.8) is 0 Å². The molecule has 1 heterocycles. The minimum Gasteiger partial charge on any atom is -0.504 e. The summed E-state index contributed by atoms with van der Waals surface area (Å²) in [6, 6.07) is 5.83. The highest BCUT2D eigenvalue weighted by Gasteiger charge is 2.35. The molecular formula is C15H11F3N4O3S. The molecule has 26 heavy (non-hydrogen) atoms.